The summed E-state index contributed by atoms with van der Waals surface area (Å²) in [5.41, 5.74) is 3.58. The van der Waals surface area contributed by atoms with E-state index in [1.807, 2.05) is 24.3 Å². The van der Waals surface area contributed by atoms with E-state index in [0.717, 1.165) is 24.2 Å². The minimum absolute atomic E-state index is 0.0701. The number of pyridine rings is 1. The van der Waals surface area contributed by atoms with E-state index in [4.69, 9.17) is 0 Å². The zero-order chi connectivity index (χ0) is 16.1. The highest BCUT2D eigenvalue weighted by atomic mass is 16.1. The van der Waals surface area contributed by atoms with Gasteiger partial charge in [0, 0.05) is 11.7 Å². The van der Waals surface area contributed by atoms with Crippen LogP contribution in [0.3, 0.4) is 0 Å². The number of hydrogen-bond donors (Lipinski definition) is 2. The van der Waals surface area contributed by atoms with Crippen LogP contribution in [0.1, 0.15) is 48.2 Å². The molecule has 1 aliphatic carbocycles. The third-order valence-corrected chi connectivity index (χ3v) is 4.36. The van der Waals surface area contributed by atoms with Crippen molar-refractivity contribution in [3.8, 4) is 0 Å². The fourth-order valence-electron chi connectivity index (χ4n) is 2.98. The third kappa shape index (κ3) is 4.09. The standard InChI is InChI=1S/C19H23N3O/c1-14-7-5-6-10-17(14)21-16-11-12-18(20-13-16)19(23)22-15-8-3-2-4-9-15/h5-7,10-13,15,21H,2-4,8-9H2,1H3,(H,22,23). The Hall–Kier alpha value is -2.36. The Labute approximate surface area is 137 Å². The zero-order valence-corrected chi connectivity index (χ0v) is 13.5. The molecule has 0 radical (unpaired) electrons. The predicted molar refractivity (Wildman–Crippen MR) is 93.0 cm³/mol. The van der Waals surface area contributed by atoms with E-state index in [1.165, 1.54) is 24.8 Å². The molecule has 0 saturated heterocycles. The smallest absolute Gasteiger partial charge is 0.270 e. The fourth-order valence-corrected chi connectivity index (χ4v) is 2.98. The molecule has 2 N–H and O–H groups in total. The lowest BCUT2D eigenvalue weighted by atomic mass is 9.95. The molecule has 0 bridgehead atoms. The first-order chi connectivity index (χ1) is 11.2. The molecule has 1 amide bonds. The van der Waals surface area contributed by atoms with E-state index in [-0.39, 0.29) is 5.91 Å². The van der Waals surface area contributed by atoms with Crippen LogP contribution in [-0.4, -0.2) is 16.9 Å². The summed E-state index contributed by atoms with van der Waals surface area (Å²) in [6.45, 7) is 2.06. The molecule has 0 spiro atoms. The number of anilines is 2. The zero-order valence-electron chi connectivity index (χ0n) is 13.5. The third-order valence-electron chi connectivity index (χ3n) is 4.36. The Morgan fingerprint density at radius 1 is 1.09 bits per heavy atom. The van der Waals surface area contributed by atoms with Crippen molar-refractivity contribution in [1.29, 1.82) is 0 Å². The van der Waals surface area contributed by atoms with E-state index in [0.29, 0.717) is 11.7 Å². The number of aromatic nitrogens is 1. The number of para-hydroxylation sites is 1. The molecule has 0 unspecified atom stereocenters. The van der Waals surface area contributed by atoms with Gasteiger partial charge in [-0.1, -0.05) is 37.5 Å². The van der Waals surface area contributed by atoms with Gasteiger partial charge >= 0.3 is 0 Å². The summed E-state index contributed by atoms with van der Waals surface area (Å²) < 4.78 is 0. The van der Waals surface area contributed by atoms with E-state index < -0.39 is 0 Å². The van der Waals surface area contributed by atoms with E-state index in [2.05, 4.69) is 28.6 Å². The second-order valence-electron chi connectivity index (χ2n) is 6.18. The SMILES string of the molecule is Cc1ccccc1Nc1ccc(C(=O)NC2CCCCC2)nc1. The normalized spacial score (nSPS) is 15.2. The summed E-state index contributed by atoms with van der Waals surface area (Å²) >= 11 is 0. The van der Waals surface area contributed by atoms with Gasteiger partial charge in [-0.15, -0.1) is 0 Å². The van der Waals surface area contributed by atoms with Crippen LogP contribution in [0.4, 0.5) is 11.4 Å². The van der Waals surface area contributed by atoms with E-state index >= 15 is 0 Å². The largest absolute Gasteiger partial charge is 0.354 e. The maximum atomic E-state index is 12.2. The molecule has 120 valence electrons. The Balaban J connectivity index is 1.62. The van der Waals surface area contributed by atoms with Crippen LogP contribution in [0, 0.1) is 6.92 Å². The Morgan fingerprint density at radius 3 is 2.57 bits per heavy atom. The molecule has 1 saturated carbocycles. The van der Waals surface area contributed by atoms with Crippen molar-refractivity contribution in [1.82, 2.24) is 10.3 Å². The number of rotatable bonds is 4. The van der Waals surface area contributed by atoms with Gasteiger partial charge in [-0.3, -0.25) is 4.79 Å². The minimum Gasteiger partial charge on any atom is -0.354 e. The Bertz CT molecular complexity index is 661. The molecule has 1 aliphatic rings. The quantitative estimate of drug-likeness (QED) is 0.890. The number of carbonyl (C=O) groups is 1. The first-order valence-electron chi connectivity index (χ1n) is 8.32. The average Bonchev–Trinajstić information content (AvgIpc) is 2.58. The van der Waals surface area contributed by atoms with Gasteiger partial charge in [-0.05, 0) is 43.5 Å². The molecule has 23 heavy (non-hydrogen) atoms. The molecule has 1 aromatic carbocycles. The lowest BCUT2D eigenvalue weighted by Crippen LogP contribution is -2.36. The molecular weight excluding hydrogens is 286 g/mol. The molecule has 3 rings (SSSR count). The van der Waals surface area contributed by atoms with Gasteiger partial charge in [0.1, 0.15) is 5.69 Å². The lowest BCUT2D eigenvalue weighted by molar-refractivity contribution is 0.0922. The fraction of sp³-hybridized carbons (Fsp3) is 0.368. The van der Waals surface area contributed by atoms with Crippen LogP contribution in [0.25, 0.3) is 0 Å². The topological polar surface area (TPSA) is 54.0 Å². The van der Waals surface area contributed by atoms with Crippen molar-refractivity contribution in [3.05, 3.63) is 53.9 Å². The number of nitrogens with one attached hydrogen (secondary N) is 2. The van der Waals surface area contributed by atoms with Gasteiger partial charge in [0.15, 0.2) is 0 Å². The molecular formula is C19H23N3O. The van der Waals surface area contributed by atoms with Crippen molar-refractivity contribution in [2.75, 3.05) is 5.32 Å². The van der Waals surface area contributed by atoms with Crippen molar-refractivity contribution < 1.29 is 4.79 Å². The lowest BCUT2D eigenvalue weighted by Gasteiger charge is -2.22. The maximum absolute atomic E-state index is 12.2. The predicted octanol–water partition coefficient (Wildman–Crippen LogP) is 4.20. The summed E-state index contributed by atoms with van der Waals surface area (Å²) in [6.07, 6.45) is 7.57. The monoisotopic (exact) mass is 309 g/mol. The molecule has 4 heteroatoms. The number of amides is 1. The summed E-state index contributed by atoms with van der Waals surface area (Å²) in [5.74, 6) is -0.0701. The number of nitrogens with zero attached hydrogens (tertiary/aromatic N) is 1. The van der Waals surface area contributed by atoms with E-state index in [9.17, 15) is 4.79 Å². The molecule has 2 aromatic rings. The van der Waals surface area contributed by atoms with Crippen LogP contribution < -0.4 is 10.6 Å². The molecule has 4 nitrogen and oxygen atoms in total. The summed E-state index contributed by atoms with van der Waals surface area (Å²) in [4.78, 5) is 16.5. The molecule has 1 heterocycles. The van der Waals surface area contributed by atoms with Crippen molar-refractivity contribution in [3.63, 3.8) is 0 Å². The van der Waals surface area contributed by atoms with Gasteiger partial charge in [0.2, 0.25) is 0 Å². The molecule has 1 aromatic heterocycles. The van der Waals surface area contributed by atoms with Crippen LogP contribution in [0.5, 0.6) is 0 Å². The van der Waals surface area contributed by atoms with Crippen LogP contribution in [0.2, 0.25) is 0 Å². The van der Waals surface area contributed by atoms with Crippen LogP contribution >= 0.6 is 0 Å². The summed E-state index contributed by atoms with van der Waals surface area (Å²) in [6, 6.07) is 12.1. The van der Waals surface area contributed by atoms with Gasteiger partial charge in [-0.25, -0.2) is 4.98 Å². The van der Waals surface area contributed by atoms with E-state index in [1.54, 1.807) is 12.3 Å². The highest BCUT2D eigenvalue weighted by molar-refractivity contribution is 5.92. The minimum atomic E-state index is -0.0701. The molecule has 1 fully saturated rings. The van der Waals surface area contributed by atoms with Crippen molar-refractivity contribution in [2.24, 2.45) is 0 Å². The van der Waals surface area contributed by atoms with Gasteiger partial charge in [0.25, 0.3) is 5.91 Å². The number of hydrogen-bond acceptors (Lipinski definition) is 3. The Morgan fingerprint density at radius 2 is 1.87 bits per heavy atom. The Kier molecular flexibility index (Phi) is 4.91. The van der Waals surface area contributed by atoms with Crippen molar-refractivity contribution in [2.45, 2.75) is 45.1 Å². The number of benzene rings is 1. The van der Waals surface area contributed by atoms with Crippen LogP contribution in [-0.2, 0) is 0 Å². The first kappa shape index (κ1) is 15.5. The first-order valence-corrected chi connectivity index (χ1v) is 8.32. The average molecular weight is 309 g/mol. The van der Waals surface area contributed by atoms with Crippen LogP contribution in [0.15, 0.2) is 42.6 Å². The van der Waals surface area contributed by atoms with Gasteiger partial charge in [0.05, 0.1) is 11.9 Å². The van der Waals surface area contributed by atoms with Gasteiger partial charge in [-0.2, -0.15) is 0 Å². The van der Waals surface area contributed by atoms with Crippen molar-refractivity contribution >= 4 is 17.3 Å². The second-order valence-corrected chi connectivity index (χ2v) is 6.18. The molecule has 0 atom stereocenters. The number of aryl methyl sites for hydroxylation is 1. The second kappa shape index (κ2) is 7.27. The maximum Gasteiger partial charge on any atom is 0.270 e. The van der Waals surface area contributed by atoms with Gasteiger partial charge < -0.3 is 10.6 Å². The highest BCUT2D eigenvalue weighted by Crippen LogP contribution is 2.20. The molecule has 0 aliphatic heterocycles. The summed E-state index contributed by atoms with van der Waals surface area (Å²) in [5, 5.41) is 6.42. The summed E-state index contributed by atoms with van der Waals surface area (Å²) in [7, 11) is 0. The number of carbonyl (C=O) groups excluding carboxylic acids is 1. The highest BCUT2D eigenvalue weighted by Gasteiger charge is 2.17.